The lowest BCUT2D eigenvalue weighted by Crippen LogP contribution is -2.50. The van der Waals surface area contributed by atoms with Gasteiger partial charge in [-0.15, -0.1) is 0 Å². The molecule has 5 aliphatic heterocycles. The number of halogens is 3. The highest BCUT2D eigenvalue weighted by Gasteiger charge is 2.52. The number of nitrogens with one attached hydrogen (secondary N) is 1. The largest absolute Gasteiger partial charge is 0.508 e. The van der Waals surface area contributed by atoms with Crippen LogP contribution in [0, 0.1) is 23.5 Å². The van der Waals surface area contributed by atoms with Crippen LogP contribution >= 0.6 is 0 Å². The zero-order valence-electron chi connectivity index (χ0n) is 27.4. The van der Waals surface area contributed by atoms with Crippen molar-refractivity contribution in [2.45, 2.75) is 62.9 Å². The number of nitrogens with zero attached hydrogens (tertiary/aromatic N) is 4. The number of aryl methyl sites for hydroxylation is 1. The Balaban J connectivity index is 1.26. The van der Waals surface area contributed by atoms with Crippen LogP contribution in [-0.2, 0) is 6.42 Å². The number of hydrogen-bond donors (Lipinski definition) is 3. The molecular weight excluding hydrogens is 635 g/mol. The molecule has 2 bridgehead atoms. The Bertz CT molecular complexity index is 1960. The van der Waals surface area contributed by atoms with Gasteiger partial charge in [0.05, 0.1) is 28.6 Å². The third kappa shape index (κ3) is 4.92. The van der Waals surface area contributed by atoms with Crippen LogP contribution in [0.3, 0.4) is 0 Å². The van der Waals surface area contributed by atoms with E-state index in [0.29, 0.717) is 48.4 Å². The number of aliphatic hydroxyl groups excluding tert-OH is 1. The summed E-state index contributed by atoms with van der Waals surface area (Å²) in [6, 6.07) is 8.33. The van der Waals surface area contributed by atoms with E-state index in [-0.39, 0.29) is 77.7 Å². The van der Waals surface area contributed by atoms with Gasteiger partial charge in [0.15, 0.2) is 17.4 Å². The maximum absolute atomic E-state index is 17.3. The average molecular weight is 676 g/mol. The van der Waals surface area contributed by atoms with Crippen molar-refractivity contribution < 1.29 is 32.9 Å². The highest BCUT2D eigenvalue weighted by Crippen LogP contribution is 2.49. The number of aromatic nitrogens is 2. The monoisotopic (exact) mass is 675 g/mol. The summed E-state index contributed by atoms with van der Waals surface area (Å²) in [6.07, 6.45) is 1.52. The van der Waals surface area contributed by atoms with Gasteiger partial charge in [-0.25, -0.2) is 13.2 Å². The SMILES string of the molecule is CCc1cccc2cc(O)cc(-c3c(F)c4c5c(nc(OC[C@@]67C[C@H](O)CN6C[C@H](F)C7)nc5c3F)N3CC5CCC(CNC5)C3CO4)c12. The first-order chi connectivity index (χ1) is 23.7. The van der Waals surface area contributed by atoms with Crippen molar-refractivity contribution in [1.29, 1.82) is 0 Å². The Morgan fingerprint density at radius 2 is 1.94 bits per heavy atom. The quantitative estimate of drug-likeness (QED) is 0.266. The van der Waals surface area contributed by atoms with Gasteiger partial charge < -0.3 is 29.9 Å². The van der Waals surface area contributed by atoms with E-state index >= 15 is 8.78 Å². The van der Waals surface area contributed by atoms with Gasteiger partial charge in [0.25, 0.3) is 0 Å². The molecule has 9 nitrogen and oxygen atoms in total. The van der Waals surface area contributed by atoms with E-state index < -0.39 is 29.4 Å². The summed E-state index contributed by atoms with van der Waals surface area (Å²) >= 11 is 0. The lowest BCUT2D eigenvalue weighted by Gasteiger charge is -2.37. The Kier molecular flexibility index (Phi) is 7.37. The van der Waals surface area contributed by atoms with Crippen LogP contribution in [0.2, 0.25) is 0 Å². The molecule has 0 radical (unpaired) electrons. The second-order valence-electron chi connectivity index (χ2n) is 14.7. The minimum atomic E-state index is -1.04. The molecule has 258 valence electrons. The fourth-order valence-corrected chi connectivity index (χ4v) is 9.46. The van der Waals surface area contributed by atoms with Gasteiger partial charge >= 0.3 is 6.01 Å². The van der Waals surface area contributed by atoms with Crippen molar-refractivity contribution in [1.82, 2.24) is 20.2 Å². The highest BCUT2D eigenvalue weighted by atomic mass is 19.1. The summed E-state index contributed by atoms with van der Waals surface area (Å²) in [5.74, 6) is -1.14. The van der Waals surface area contributed by atoms with Gasteiger partial charge in [-0.05, 0) is 78.1 Å². The Morgan fingerprint density at radius 1 is 1.06 bits per heavy atom. The molecule has 9 rings (SSSR count). The number of ether oxygens (including phenoxy) is 2. The lowest BCUT2D eigenvalue weighted by atomic mass is 9.91. The normalized spacial score (nSPS) is 29.4. The van der Waals surface area contributed by atoms with E-state index in [2.05, 4.69) is 15.2 Å². The number of β-amino-alcohol motifs (C(OH)–C–C–N with tert-alkyl or cyclic N) is 1. The van der Waals surface area contributed by atoms with Crippen LogP contribution in [0.5, 0.6) is 17.5 Å². The predicted octanol–water partition coefficient (Wildman–Crippen LogP) is 5.12. The fraction of sp³-hybridized carbons (Fsp3) is 0.514. The van der Waals surface area contributed by atoms with E-state index in [1.54, 1.807) is 6.07 Å². The molecule has 0 spiro atoms. The minimum absolute atomic E-state index is 0.0180. The van der Waals surface area contributed by atoms with Crippen molar-refractivity contribution >= 4 is 27.5 Å². The average Bonchev–Trinajstić information content (AvgIpc) is 3.27. The number of aromatic hydroxyl groups is 1. The van der Waals surface area contributed by atoms with Gasteiger partial charge in [0.1, 0.15) is 36.5 Å². The molecule has 6 heterocycles. The summed E-state index contributed by atoms with van der Waals surface area (Å²) in [5.41, 5.74) is -0.112. The maximum Gasteiger partial charge on any atom is 0.319 e. The van der Waals surface area contributed by atoms with Crippen LogP contribution in [-0.4, -0.2) is 94.9 Å². The second-order valence-corrected chi connectivity index (χ2v) is 14.7. The molecule has 4 aromatic rings. The van der Waals surface area contributed by atoms with Gasteiger partial charge in [0, 0.05) is 32.6 Å². The van der Waals surface area contributed by atoms with Crippen molar-refractivity contribution in [2.75, 3.05) is 50.8 Å². The van der Waals surface area contributed by atoms with Crippen LogP contribution in [0.15, 0.2) is 30.3 Å². The molecule has 0 aliphatic carbocycles. The molecule has 5 aliphatic rings. The first-order valence-electron chi connectivity index (χ1n) is 17.5. The number of alkyl halides is 1. The minimum Gasteiger partial charge on any atom is -0.508 e. The van der Waals surface area contributed by atoms with E-state index in [4.69, 9.17) is 14.5 Å². The molecule has 0 amide bonds. The van der Waals surface area contributed by atoms with Gasteiger partial charge in [-0.1, -0.05) is 25.1 Å². The molecule has 0 saturated carbocycles. The molecular formula is C37H40F3N5O4. The maximum atomic E-state index is 17.3. The molecule has 6 atom stereocenters. The molecule has 4 fully saturated rings. The van der Waals surface area contributed by atoms with E-state index in [0.717, 1.165) is 31.5 Å². The second kappa shape index (κ2) is 11.6. The zero-order valence-corrected chi connectivity index (χ0v) is 27.4. The van der Waals surface area contributed by atoms with Crippen molar-refractivity contribution in [3.63, 3.8) is 0 Å². The van der Waals surface area contributed by atoms with Crippen LogP contribution in [0.1, 0.15) is 38.2 Å². The summed E-state index contributed by atoms with van der Waals surface area (Å²) in [4.78, 5) is 13.5. The van der Waals surface area contributed by atoms with E-state index in [1.165, 1.54) is 6.07 Å². The van der Waals surface area contributed by atoms with Crippen molar-refractivity contribution in [3.8, 4) is 28.6 Å². The smallest absolute Gasteiger partial charge is 0.319 e. The zero-order chi connectivity index (χ0) is 33.6. The molecule has 12 heteroatoms. The van der Waals surface area contributed by atoms with Gasteiger partial charge in [-0.3, -0.25) is 4.90 Å². The topological polar surface area (TPSA) is 103 Å². The van der Waals surface area contributed by atoms with Crippen molar-refractivity contribution in [2.24, 2.45) is 11.8 Å². The van der Waals surface area contributed by atoms with Gasteiger partial charge in [0.2, 0.25) is 0 Å². The highest BCUT2D eigenvalue weighted by molar-refractivity contribution is 6.05. The van der Waals surface area contributed by atoms with Crippen molar-refractivity contribution in [3.05, 3.63) is 47.5 Å². The molecule has 4 saturated heterocycles. The number of phenols is 1. The molecule has 49 heavy (non-hydrogen) atoms. The third-order valence-corrected chi connectivity index (χ3v) is 11.7. The number of anilines is 1. The van der Waals surface area contributed by atoms with E-state index in [9.17, 15) is 14.6 Å². The summed E-state index contributed by atoms with van der Waals surface area (Å²) < 4.78 is 61.7. The molecule has 3 aromatic carbocycles. The predicted molar refractivity (Wildman–Crippen MR) is 179 cm³/mol. The summed E-state index contributed by atoms with van der Waals surface area (Å²) in [6.45, 7) is 4.97. The number of hydrogen-bond acceptors (Lipinski definition) is 9. The third-order valence-electron chi connectivity index (χ3n) is 11.7. The Labute approximate surface area is 282 Å². The fourth-order valence-electron chi connectivity index (χ4n) is 9.46. The van der Waals surface area contributed by atoms with Gasteiger partial charge in [-0.2, -0.15) is 9.97 Å². The van der Waals surface area contributed by atoms with Crippen LogP contribution in [0.4, 0.5) is 19.0 Å². The number of phenolic OH excluding ortho intramolecular Hbond substituents is 1. The number of benzene rings is 3. The first-order valence-corrected chi connectivity index (χ1v) is 17.5. The Hall–Kier alpha value is -3.87. The van der Waals surface area contributed by atoms with Crippen LogP contribution < -0.4 is 19.7 Å². The summed E-state index contributed by atoms with van der Waals surface area (Å²) in [7, 11) is 0. The Morgan fingerprint density at radius 3 is 2.80 bits per heavy atom. The molecule has 1 aromatic heterocycles. The lowest BCUT2D eigenvalue weighted by molar-refractivity contribution is 0.106. The first kappa shape index (κ1) is 31.1. The standard InChI is InChI=1S/C37H40F3N5O4/c1-2-20-4-3-5-21-8-24(46)9-26(28(20)21)29-31(39)33-30-34(32(29)40)48-17-27-22-7-6-19(12-41-13-22)14-45(27)35(30)43-36(42-33)49-18-37-10-23(38)15-44(37)16-25(47)11-37/h3-5,8-9,19,22-23,25,27,41,46-47H,2,6-7,10-18H2,1H3/t19?,22?,23-,25+,27?,37-/m1/s1. The number of rotatable bonds is 5. The number of fused-ring (bicyclic) bond motifs is 8. The van der Waals surface area contributed by atoms with E-state index in [1.807, 2.05) is 30.0 Å². The van der Waals surface area contributed by atoms with Crippen LogP contribution in [0.25, 0.3) is 32.8 Å². The molecule has 3 unspecified atom stereocenters. The summed E-state index contributed by atoms with van der Waals surface area (Å²) in [5, 5.41) is 26.2. The number of aliphatic hydroxyl groups is 1. The molecule has 3 N–H and O–H groups in total.